The molecule has 2 aromatic heterocycles. The van der Waals surface area contributed by atoms with E-state index in [1.54, 1.807) is 36.2 Å². The van der Waals surface area contributed by atoms with E-state index in [9.17, 15) is 13.0 Å². The van der Waals surface area contributed by atoms with E-state index >= 15 is 4.39 Å². The van der Waals surface area contributed by atoms with Crippen LogP contribution >= 0.6 is 23.1 Å². The highest BCUT2D eigenvalue weighted by molar-refractivity contribution is 8.05. The van der Waals surface area contributed by atoms with Crippen LogP contribution in [0.3, 0.4) is 0 Å². The highest BCUT2D eigenvalue weighted by Crippen LogP contribution is 2.50. The molecule has 0 saturated heterocycles. The van der Waals surface area contributed by atoms with Gasteiger partial charge in [-0.05, 0) is 29.0 Å². The first kappa shape index (κ1) is 21.6. The number of benzene rings is 2. The van der Waals surface area contributed by atoms with Crippen LogP contribution in [0.15, 0.2) is 74.7 Å². The second-order valence-electron chi connectivity index (χ2n) is 6.53. The van der Waals surface area contributed by atoms with Crippen molar-refractivity contribution in [3.63, 3.8) is 0 Å². The number of oxazole rings is 1. The molecule has 0 aliphatic carbocycles. The molecular weight excluding hydrogens is 459 g/mol. The quantitative estimate of drug-likeness (QED) is 0.233. The molecule has 1 aliphatic rings. The third-order valence-electron chi connectivity index (χ3n) is 4.71. The minimum atomic E-state index is -4.70. The Morgan fingerprint density at radius 2 is 1.97 bits per heavy atom. The summed E-state index contributed by atoms with van der Waals surface area (Å²) in [6.45, 7) is 6.00. The fourth-order valence-corrected chi connectivity index (χ4v) is 6.17. The molecule has 0 atom stereocenters. The number of rotatable bonds is 3. The van der Waals surface area contributed by atoms with Gasteiger partial charge in [0.05, 0.1) is 15.3 Å². The molecule has 2 aromatic carbocycles. The summed E-state index contributed by atoms with van der Waals surface area (Å²) < 4.78 is 58.2. The molecule has 10 heteroatoms. The standard InChI is InChI=1S/C19H13FN2O4S3.C2H4/c1-21-13-8-9-27-19(13)28-18(21)15(20)17-22(10-29(23,24)25)16-12-5-3-2-4-11(12)6-7-14(16)26-17;1-2/h2-9H,10H2,1H3;1-2H2. The van der Waals surface area contributed by atoms with E-state index < -0.39 is 21.8 Å². The number of halogens is 1. The lowest BCUT2D eigenvalue weighted by Gasteiger charge is -2.12. The molecule has 0 unspecified atom stereocenters. The lowest BCUT2D eigenvalue weighted by Crippen LogP contribution is -2.40. The van der Waals surface area contributed by atoms with Crippen LogP contribution in [0, 0.1) is 0 Å². The molecule has 0 amide bonds. The highest BCUT2D eigenvalue weighted by atomic mass is 32.2. The predicted octanol–water partition coefficient (Wildman–Crippen LogP) is 5.08. The Hall–Kier alpha value is -2.66. The van der Waals surface area contributed by atoms with Crippen LogP contribution < -0.4 is 9.47 Å². The van der Waals surface area contributed by atoms with Gasteiger partial charge in [-0.1, -0.05) is 36.0 Å². The van der Waals surface area contributed by atoms with Gasteiger partial charge in [0.15, 0.2) is 10.1 Å². The zero-order chi connectivity index (χ0) is 22.3. The van der Waals surface area contributed by atoms with Gasteiger partial charge in [-0.25, -0.2) is 8.42 Å². The predicted molar refractivity (Wildman–Crippen MR) is 121 cm³/mol. The number of thiophene rings is 1. The van der Waals surface area contributed by atoms with Crippen molar-refractivity contribution in [1.82, 2.24) is 0 Å². The van der Waals surface area contributed by atoms with Gasteiger partial charge in [0, 0.05) is 7.05 Å². The summed E-state index contributed by atoms with van der Waals surface area (Å²) in [6, 6.07) is 12.6. The summed E-state index contributed by atoms with van der Waals surface area (Å²) in [5.41, 5.74) is 1.54. The van der Waals surface area contributed by atoms with Crippen molar-refractivity contribution in [3.8, 4) is 0 Å². The van der Waals surface area contributed by atoms with Crippen molar-refractivity contribution < 1.29 is 26.3 Å². The number of aromatic nitrogens is 1. The molecule has 31 heavy (non-hydrogen) atoms. The van der Waals surface area contributed by atoms with Gasteiger partial charge >= 0.3 is 5.89 Å². The normalized spacial score (nSPS) is 15.1. The Balaban J connectivity index is 0.00000112. The summed E-state index contributed by atoms with van der Waals surface area (Å²) in [6.07, 6.45) is 0. The van der Waals surface area contributed by atoms with Gasteiger partial charge in [-0.15, -0.1) is 29.1 Å². The first-order valence-corrected chi connectivity index (χ1v) is 12.3. The molecule has 0 fully saturated rings. The average Bonchev–Trinajstić information content (AvgIpc) is 3.43. The van der Waals surface area contributed by atoms with E-state index in [0.717, 1.165) is 19.8 Å². The van der Waals surface area contributed by atoms with Crippen molar-refractivity contribution >= 4 is 66.6 Å². The third-order valence-corrected chi connectivity index (χ3v) is 7.56. The van der Waals surface area contributed by atoms with Crippen LogP contribution in [-0.4, -0.2) is 20.0 Å². The molecular formula is C21H17FN2O4S3. The number of anilines is 1. The molecule has 0 bridgehead atoms. The van der Waals surface area contributed by atoms with Crippen molar-refractivity contribution in [2.75, 3.05) is 11.9 Å². The maximum absolute atomic E-state index is 15.6. The summed E-state index contributed by atoms with van der Waals surface area (Å²) >= 11 is 2.73. The first-order chi connectivity index (χ1) is 14.8. The molecule has 0 spiro atoms. The Morgan fingerprint density at radius 1 is 1.23 bits per heavy atom. The van der Waals surface area contributed by atoms with E-state index in [2.05, 4.69) is 13.2 Å². The highest BCUT2D eigenvalue weighted by Gasteiger charge is 2.36. The molecule has 5 rings (SSSR count). The maximum Gasteiger partial charge on any atom is 0.414 e. The number of hydrogen-bond donors (Lipinski definition) is 0. The van der Waals surface area contributed by atoms with Crippen LogP contribution in [0.25, 0.3) is 27.7 Å². The largest absolute Gasteiger partial charge is 0.743 e. The van der Waals surface area contributed by atoms with Crippen molar-refractivity contribution in [1.29, 1.82) is 0 Å². The van der Waals surface area contributed by atoms with E-state index in [1.165, 1.54) is 23.1 Å². The monoisotopic (exact) mass is 476 g/mol. The van der Waals surface area contributed by atoms with Crippen molar-refractivity contribution in [2.45, 2.75) is 10.1 Å². The maximum atomic E-state index is 15.6. The Labute approximate surface area is 186 Å². The van der Waals surface area contributed by atoms with Crippen molar-refractivity contribution in [2.24, 2.45) is 0 Å². The lowest BCUT2D eigenvalue weighted by molar-refractivity contribution is -0.659. The molecule has 0 N–H and O–H groups in total. The fourth-order valence-electron chi connectivity index (χ4n) is 3.46. The number of fused-ring (bicyclic) bond motifs is 4. The van der Waals surface area contributed by atoms with Crippen LogP contribution in [0.2, 0.25) is 0 Å². The Kier molecular flexibility index (Phi) is 5.65. The van der Waals surface area contributed by atoms with E-state index in [0.29, 0.717) is 16.5 Å². The SMILES string of the molecule is C=C.CN1C(=C(F)c2oc3ccc4ccccc4c3[n+]2CS(=O)(=O)[O-])Sc2sccc21. The zero-order valence-electron chi connectivity index (χ0n) is 16.4. The zero-order valence-corrected chi connectivity index (χ0v) is 18.8. The minimum Gasteiger partial charge on any atom is -0.743 e. The number of hydrogen-bond acceptors (Lipinski definition) is 7. The topological polar surface area (TPSA) is 77.5 Å². The Morgan fingerprint density at radius 3 is 2.68 bits per heavy atom. The molecule has 0 radical (unpaired) electrons. The second-order valence-corrected chi connectivity index (χ2v) is 10.1. The molecule has 6 nitrogen and oxygen atoms in total. The van der Waals surface area contributed by atoms with E-state index in [1.807, 2.05) is 23.6 Å². The number of nitrogens with zero attached hydrogens (tertiary/aromatic N) is 2. The van der Waals surface area contributed by atoms with Gasteiger partial charge < -0.3 is 13.9 Å². The molecule has 160 valence electrons. The van der Waals surface area contributed by atoms with Gasteiger partial charge in [0.2, 0.25) is 11.5 Å². The summed E-state index contributed by atoms with van der Waals surface area (Å²) in [5, 5.41) is 3.70. The molecule has 3 heterocycles. The average molecular weight is 477 g/mol. The van der Waals surface area contributed by atoms with Crippen LogP contribution in [0.1, 0.15) is 5.89 Å². The molecule has 0 saturated carbocycles. The molecule has 1 aliphatic heterocycles. The van der Waals surface area contributed by atoms with Crippen LogP contribution in [0.4, 0.5) is 10.1 Å². The fraction of sp³-hybridized carbons (Fsp3) is 0.0952. The van der Waals surface area contributed by atoms with Crippen LogP contribution in [-0.2, 0) is 16.0 Å². The third kappa shape index (κ3) is 3.76. The first-order valence-electron chi connectivity index (χ1n) is 9.00. The van der Waals surface area contributed by atoms with Gasteiger partial charge in [0.25, 0.3) is 11.3 Å². The second kappa shape index (κ2) is 8.12. The summed E-state index contributed by atoms with van der Waals surface area (Å²) in [4.78, 5) is 1.69. The van der Waals surface area contributed by atoms with Gasteiger partial charge in [-0.3, -0.25) is 0 Å². The minimum absolute atomic E-state index is 0.284. The van der Waals surface area contributed by atoms with Crippen molar-refractivity contribution in [3.05, 3.63) is 71.9 Å². The Bertz CT molecular complexity index is 1440. The lowest BCUT2D eigenvalue weighted by atomic mass is 10.1. The molecule has 4 aromatic rings. The smallest absolute Gasteiger partial charge is 0.414 e. The van der Waals surface area contributed by atoms with E-state index in [-0.39, 0.29) is 10.9 Å². The van der Waals surface area contributed by atoms with Gasteiger partial charge in [-0.2, -0.15) is 4.39 Å². The van der Waals surface area contributed by atoms with Gasteiger partial charge in [0.1, 0.15) is 5.03 Å². The summed E-state index contributed by atoms with van der Waals surface area (Å²) in [7, 11) is -2.97. The summed E-state index contributed by atoms with van der Waals surface area (Å²) in [5.74, 6) is -1.94. The number of thioether (sulfide) groups is 1. The van der Waals surface area contributed by atoms with Crippen LogP contribution in [0.5, 0.6) is 0 Å². The van der Waals surface area contributed by atoms with E-state index in [4.69, 9.17) is 4.42 Å².